The Labute approximate surface area is 124 Å². The molecule has 0 radical (unpaired) electrons. The van der Waals surface area contributed by atoms with Crippen molar-refractivity contribution in [2.75, 3.05) is 6.61 Å². The summed E-state index contributed by atoms with van der Waals surface area (Å²) in [7, 11) is 0. The predicted octanol–water partition coefficient (Wildman–Crippen LogP) is 1.01. The number of oxime groups is 1. The maximum absolute atomic E-state index is 12.0. The molecule has 1 aliphatic heterocycles. The molecule has 0 saturated carbocycles. The van der Waals surface area contributed by atoms with Crippen molar-refractivity contribution >= 4 is 11.7 Å². The third-order valence-corrected chi connectivity index (χ3v) is 3.63. The summed E-state index contributed by atoms with van der Waals surface area (Å²) in [6, 6.07) is 7.06. The molecule has 0 spiro atoms. The van der Waals surface area contributed by atoms with E-state index >= 15 is 0 Å². The zero-order valence-corrected chi connectivity index (χ0v) is 12.1. The van der Waals surface area contributed by atoms with Gasteiger partial charge in [0.05, 0.1) is 18.6 Å². The Hall–Kier alpha value is -2.08. The van der Waals surface area contributed by atoms with E-state index in [1.165, 1.54) is 0 Å². The average Bonchev–Trinajstić information content (AvgIpc) is 3.01. The number of hydrogen-bond donors (Lipinski definition) is 3. The first-order valence-electron chi connectivity index (χ1n) is 7.08. The molecule has 0 aliphatic carbocycles. The fourth-order valence-electron chi connectivity index (χ4n) is 2.43. The summed E-state index contributed by atoms with van der Waals surface area (Å²) in [6.45, 7) is 2.75. The molecular formula is C15H21N3O3. The fourth-order valence-corrected chi connectivity index (χ4v) is 2.43. The molecule has 2 atom stereocenters. The summed E-state index contributed by atoms with van der Waals surface area (Å²) < 4.78 is 5.55. The highest BCUT2D eigenvalue weighted by molar-refractivity contribution is 5.97. The van der Waals surface area contributed by atoms with E-state index in [1.807, 2.05) is 6.92 Å². The minimum atomic E-state index is -0.0328. The summed E-state index contributed by atoms with van der Waals surface area (Å²) in [6.07, 6.45) is 2.47. The van der Waals surface area contributed by atoms with Crippen molar-refractivity contribution in [1.29, 1.82) is 0 Å². The fraction of sp³-hybridized carbons (Fsp3) is 0.467. The van der Waals surface area contributed by atoms with E-state index in [1.54, 1.807) is 24.3 Å². The lowest BCUT2D eigenvalue weighted by Gasteiger charge is -2.20. The Morgan fingerprint density at radius 1 is 1.52 bits per heavy atom. The molecule has 1 amide bonds. The summed E-state index contributed by atoms with van der Waals surface area (Å²) in [5.74, 6) is 0.0209. The molecule has 6 heteroatoms. The highest BCUT2D eigenvalue weighted by Crippen LogP contribution is 2.15. The van der Waals surface area contributed by atoms with Crippen LogP contribution in [0, 0.1) is 0 Å². The highest BCUT2D eigenvalue weighted by atomic mass is 16.5. The van der Waals surface area contributed by atoms with E-state index in [0.717, 1.165) is 25.0 Å². The molecule has 2 unspecified atom stereocenters. The van der Waals surface area contributed by atoms with Gasteiger partial charge in [0.15, 0.2) is 5.84 Å². The molecule has 1 aromatic carbocycles. The molecule has 1 fully saturated rings. The zero-order valence-electron chi connectivity index (χ0n) is 12.1. The lowest BCUT2D eigenvalue weighted by atomic mass is 10.1. The van der Waals surface area contributed by atoms with Gasteiger partial charge in [-0.15, -0.1) is 0 Å². The number of nitrogens with two attached hydrogens (primary N) is 1. The van der Waals surface area contributed by atoms with Crippen LogP contribution in [0.3, 0.4) is 0 Å². The molecule has 1 aromatic rings. The second-order valence-corrected chi connectivity index (χ2v) is 5.27. The maximum Gasteiger partial charge on any atom is 0.224 e. The topological polar surface area (TPSA) is 96.9 Å². The Bertz CT molecular complexity index is 507. The van der Waals surface area contributed by atoms with Gasteiger partial charge in [0.1, 0.15) is 0 Å². The molecule has 2 rings (SSSR count). The van der Waals surface area contributed by atoms with Crippen molar-refractivity contribution in [3.8, 4) is 0 Å². The van der Waals surface area contributed by atoms with Crippen molar-refractivity contribution in [3.05, 3.63) is 35.4 Å². The minimum absolute atomic E-state index is 0.0245. The summed E-state index contributed by atoms with van der Waals surface area (Å²) in [5.41, 5.74) is 6.98. The molecule has 1 saturated heterocycles. The van der Waals surface area contributed by atoms with Gasteiger partial charge in [0.25, 0.3) is 0 Å². The first-order valence-corrected chi connectivity index (χ1v) is 7.08. The Morgan fingerprint density at radius 2 is 2.24 bits per heavy atom. The molecule has 0 aromatic heterocycles. The molecule has 114 valence electrons. The number of ether oxygens (including phenoxy) is 1. The first-order chi connectivity index (χ1) is 10.1. The van der Waals surface area contributed by atoms with Crippen LogP contribution in [0.15, 0.2) is 29.4 Å². The monoisotopic (exact) mass is 291 g/mol. The molecule has 0 bridgehead atoms. The third-order valence-electron chi connectivity index (χ3n) is 3.63. The largest absolute Gasteiger partial charge is 0.409 e. The van der Waals surface area contributed by atoms with Gasteiger partial charge in [-0.1, -0.05) is 29.4 Å². The van der Waals surface area contributed by atoms with Crippen molar-refractivity contribution in [1.82, 2.24) is 5.32 Å². The standard InChI is InChI=1S/C15H21N3O3/c1-10(13-3-2-8-21-13)17-14(19)9-11-4-6-12(7-5-11)15(16)18-20/h4-7,10,13,20H,2-3,8-9H2,1H3,(H2,16,18)(H,17,19). The summed E-state index contributed by atoms with van der Waals surface area (Å²) in [4.78, 5) is 12.0. The van der Waals surface area contributed by atoms with Gasteiger partial charge < -0.3 is 21.0 Å². The molecule has 6 nitrogen and oxygen atoms in total. The van der Waals surface area contributed by atoms with Crippen LogP contribution in [0.25, 0.3) is 0 Å². The van der Waals surface area contributed by atoms with Gasteiger partial charge in [0.2, 0.25) is 5.91 Å². The molecule has 1 aliphatic rings. The number of amides is 1. The smallest absolute Gasteiger partial charge is 0.224 e. The number of carbonyl (C=O) groups is 1. The minimum Gasteiger partial charge on any atom is -0.409 e. The van der Waals surface area contributed by atoms with Gasteiger partial charge in [-0.3, -0.25) is 4.79 Å². The zero-order chi connectivity index (χ0) is 15.2. The Balaban J connectivity index is 1.87. The van der Waals surface area contributed by atoms with Crippen molar-refractivity contribution < 1.29 is 14.7 Å². The van der Waals surface area contributed by atoms with Gasteiger partial charge in [-0.05, 0) is 25.3 Å². The number of hydrogen-bond acceptors (Lipinski definition) is 4. The maximum atomic E-state index is 12.0. The van der Waals surface area contributed by atoms with Gasteiger partial charge in [0, 0.05) is 12.2 Å². The summed E-state index contributed by atoms with van der Waals surface area (Å²) in [5, 5.41) is 14.5. The predicted molar refractivity (Wildman–Crippen MR) is 79.2 cm³/mol. The number of carbonyl (C=O) groups excluding carboxylic acids is 1. The Kier molecular flexibility index (Phi) is 5.16. The van der Waals surface area contributed by atoms with Gasteiger partial charge in [-0.25, -0.2) is 0 Å². The number of nitrogens with zero attached hydrogens (tertiary/aromatic N) is 1. The van der Waals surface area contributed by atoms with Crippen LogP contribution < -0.4 is 11.1 Å². The van der Waals surface area contributed by atoms with Crippen LogP contribution in [-0.2, 0) is 16.0 Å². The second-order valence-electron chi connectivity index (χ2n) is 5.27. The van der Waals surface area contributed by atoms with E-state index in [2.05, 4.69) is 10.5 Å². The lowest BCUT2D eigenvalue weighted by molar-refractivity contribution is -0.121. The SMILES string of the molecule is CC(NC(=O)Cc1ccc(C(N)=NO)cc1)C1CCCO1. The van der Waals surface area contributed by atoms with E-state index < -0.39 is 0 Å². The van der Waals surface area contributed by atoms with Gasteiger partial charge in [-0.2, -0.15) is 0 Å². The number of nitrogens with one attached hydrogen (secondary N) is 1. The van der Waals surface area contributed by atoms with Gasteiger partial charge >= 0.3 is 0 Å². The number of benzene rings is 1. The van der Waals surface area contributed by atoms with Crippen LogP contribution in [0.4, 0.5) is 0 Å². The average molecular weight is 291 g/mol. The molecule has 21 heavy (non-hydrogen) atoms. The number of rotatable bonds is 5. The highest BCUT2D eigenvalue weighted by Gasteiger charge is 2.23. The third kappa shape index (κ3) is 4.19. The van der Waals surface area contributed by atoms with Crippen LogP contribution in [-0.4, -0.2) is 35.7 Å². The molecular weight excluding hydrogens is 270 g/mol. The van der Waals surface area contributed by atoms with Crippen molar-refractivity contribution in [3.63, 3.8) is 0 Å². The lowest BCUT2D eigenvalue weighted by Crippen LogP contribution is -2.41. The van der Waals surface area contributed by atoms with E-state index in [4.69, 9.17) is 15.7 Å². The normalized spacial score (nSPS) is 20.2. The second kappa shape index (κ2) is 7.08. The van der Waals surface area contributed by atoms with E-state index in [9.17, 15) is 4.79 Å². The quantitative estimate of drug-likeness (QED) is 0.326. The van der Waals surface area contributed by atoms with E-state index in [-0.39, 0.29) is 23.9 Å². The van der Waals surface area contributed by atoms with Crippen LogP contribution in [0.1, 0.15) is 30.9 Å². The first kappa shape index (κ1) is 15.3. The van der Waals surface area contributed by atoms with Crippen LogP contribution >= 0.6 is 0 Å². The molecule has 1 heterocycles. The van der Waals surface area contributed by atoms with E-state index in [0.29, 0.717) is 12.0 Å². The summed E-state index contributed by atoms with van der Waals surface area (Å²) >= 11 is 0. The van der Waals surface area contributed by atoms with Crippen LogP contribution in [0.2, 0.25) is 0 Å². The van der Waals surface area contributed by atoms with Crippen molar-refractivity contribution in [2.45, 2.75) is 38.3 Å². The molecule has 4 N–H and O–H groups in total. The Morgan fingerprint density at radius 3 is 2.81 bits per heavy atom. The number of amidine groups is 1. The van der Waals surface area contributed by atoms with Crippen LogP contribution in [0.5, 0.6) is 0 Å². The van der Waals surface area contributed by atoms with Crippen molar-refractivity contribution in [2.24, 2.45) is 10.9 Å².